The molecule has 1 atom stereocenters. The molecule has 1 aromatic rings. The van der Waals surface area contributed by atoms with Crippen LogP contribution in [0.2, 0.25) is 0 Å². The number of likely N-dealkylation sites (tertiary alicyclic amines) is 1. The molecule has 0 bridgehead atoms. The van der Waals surface area contributed by atoms with E-state index >= 15 is 0 Å². The number of fused-ring (bicyclic) bond motifs is 1. The molecule has 0 radical (unpaired) electrons. The first-order valence-electron chi connectivity index (χ1n) is 9.18. The predicted molar refractivity (Wildman–Crippen MR) is 95.2 cm³/mol. The Bertz CT molecular complexity index is 751. The largest absolute Gasteiger partial charge is 0.479 e. The highest BCUT2D eigenvalue weighted by Crippen LogP contribution is 2.32. The van der Waals surface area contributed by atoms with E-state index < -0.39 is 6.10 Å². The number of hydrogen-bond donors (Lipinski definition) is 2. The summed E-state index contributed by atoms with van der Waals surface area (Å²) in [5.74, 6) is 0.669. The second kappa shape index (κ2) is 6.72. The summed E-state index contributed by atoms with van der Waals surface area (Å²) in [4.78, 5) is 38.8. The van der Waals surface area contributed by atoms with Crippen LogP contribution in [0.4, 0.5) is 5.69 Å². The van der Waals surface area contributed by atoms with Gasteiger partial charge in [0.05, 0.1) is 11.6 Å². The second-order valence-electron chi connectivity index (χ2n) is 7.28. The van der Waals surface area contributed by atoms with Gasteiger partial charge >= 0.3 is 0 Å². The van der Waals surface area contributed by atoms with Gasteiger partial charge in [-0.15, -0.1) is 0 Å². The molecule has 0 spiro atoms. The number of rotatable bonds is 3. The predicted octanol–water partition coefficient (Wildman–Crippen LogP) is 1.05. The maximum Gasteiger partial charge on any atom is 0.265 e. The van der Waals surface area contributed by atoms with Crippen LogP contribution in [0, 0.1) is 11.8 Å². The molecule has 2 amide bonds. The van der Waals surface area contributed by atoms with Crippen LogP contribution in [0.15, 0.2) is 18.2 Å². The number of Topliss-reactive ketones (excluding diaryl/α,β-unsaturated/α-hetero) is 1. The van der Waals surface area contributed by atoms with Gasteiger partial charge in [0.15, 0.2) is 11.9 Å². The van der Waals surface area contributed by atoms with Gasteiger partial charge in [0.25, 0.3) is 5.91 Å². The van der Waals surface area contributed by atoms with Gasteiger partial charge in [-0.05, 0) is 38.0 Å². The highest BCUT2D eigenvalue weighted by molar-refractivity contribution is 6.02. The number of benzene rings is 1. The standard InChI is InChI=1S/C19H23N3O4/c1-11-18(24)21-15-8-13(2-3-16(15)26-11)17(23)12-4-6-22(7-5-12)19(25)14-9-20-10-14/h2-3,8,11-12,14,20H,4-7,9-10H2,1H3,(H,21,24). The lowest BCUT2D eigenvalue weighted by Crippen LogP contribution is -2.53. The molecule has 0 aliphatic carbocycles. The van der Waals surface area contributed by atoms with E-state index in [0.717, 1.165) is 13.1 Å². The van der Waals surface area contributed by atoms with Gasteiger partial charge in [-0.25, -0.2) is 0 Å². The number of nitrogens with zero attached hydrogens (tertiary/aromatic N) is 1. The molecule has 2 N–H and O–H groups in total. The van der Waals surface area contributed by atoms with Crippen molar-refractivity contribution in [3.63, 3.8) is 0 Å². The molecule has 138 valence electrons. The van der Waals surface area contributed by atoms with Gasteiger partial charge < -0.3 is 20.3 Å². The number of ketones is 1. The molecule has 3 aliphatic rings. The number of amides is 2. The zero-order valence-corrected chi connectivity index (χ0v) is 14.8. The average Bonchev–Trinajstić information content (AvgIpc) is 2.60. The third kappa shape index (κ3) is 3.07. The van der Waals surface area contributed by atoms with E-state index in [4.69, 9.17) is 4.74 Å². The SMILES string of the molecule is CC1Oc2ccc(C(=O)C3CCN(C(=O)C4CNC4)CC3)cc2NC1=O. The molecule has 0 aromatic heterocycles. The van der Waals surface area contributed by atoms with E-state index in [-0.39, 0.29) is 29.4 Å². The number of anilines is 1. The molecule has 4 rings (SSSR count). The van der Waals surface area contributed by atoms with Crippen LogP contribution in [0.5, 0.6) is 5.75 Å². The molecule has 7 nitrogen and oxygen atoms in total. The Balaban J connectivity index is 1.40. The van der Waals surface area contributed by atoms with Crippen LogP contribution in [0.25, 0.3) is 0 Å². The Hall–Kier alpha value is -2.41. The third-order valence-electron chi connectivity index (χ3n) is 5.50. The van der Waals surface area contributed by atoms with Crippen LogP contribution < -0.4 is 15.4 Å². The summed E-state index contributed by atoms with van der Waals surface area (Å²) in [6.45, 7) is 4.48. The zero-order valence-electron chi connectivity index (χ0n) is 14.8. The Morgan fingerprint density at radius 2 is 1.88 bits per heavy atom. The van der Waals surface area contributed by atoms with Crippen molar-refractivity contribution in [1.29, 1.82) is 0 Å². The smallest absolute Gasteiger partial charge is 0.265 e. The summed E-state index contributed by atoms with van der Waals surface area (Å²) in [6.07, 6.45) is 0.834. The van der Waals surface area contributed by atoms with Crippen LogP contribution in [-0.2, 0) is 9.59 Å². The number of carbonyl (C=O) groups is 3. The summed E-state index contributed by atoms with van der Waals surface area (Å²) in [5.41, 5.74) is 1.12. The van der Waals surface area contributed by atoms with E-state index in [9.17, 15) is 14.4 Å². The Morgan fingerprint density at radius 1 is 1.15 bits per heavy atom. The van der Waals surface area contributed by atoms with Crippen molar-refractivity contribution in [2.24, 2.45) is 11.8 Å². The van der Waals surface area contributed by atoms with Crippen LogP contribution >= 0.6 is 0 Å². The quantitative estimate of drug-likeness (QED) is 0.790. The summed E-state index contributed by atoms with van der Waals surface area (Å²) in [5, 5.41) is 5.90. The van der Waals surface area contributed by atoms with Crippen LogP contribution in [0.3, 0.4) is 0 Å². The lowest BCUT2D eigenvalue weighted by molar-refractivity contribution is -0.138. The van der Waals surface area contributed by atoms with Gasteiger partial charge in [-0.1, -0.05) is 0 Å². The third-order valence-corrected chi connectivity index (χ3v) is 5.50. The van der Waals surface area contributed by atoms with Gasteiger partial charge in [-0.3, -0.25) is 14.4 Å². The molecular weight excluding hydrogens is 334 g/mol. The van der Waals surface area contributed by atoms with Gasteiger partial charge in [0.1, 0.15) is 5.75 Å². The first kappa shape index (κ1) is 17.0. The van der Waals surface area contributed by atoms with Crippen molar-refractivity contribution >= 4 is 23.3 Å². The van der Waals surface area contributed by atoms with Gasteiger partial charge in [0.2, 0.25) is 5.91 Å². The van der Waals surface area contributed by atoms with Gasteiger partial charge in [0, 0.05) is 37.7 Å². The maximum absolute atomic E-state index is 12.8. The van der Waals surface area contributed by atoms with Crippen molar-refractivity contribution in [2.75, 3.05) is 31.5 Å². The van der Waals surface area contributed by atoms with E-state index in [0.29, 0.717) is 42.9 Å². The van der Waals surface area contributed by atoms with Crippen LogP contribution in [0.1, 0.15) is 30.1 Å². The van der Waals surface area contributed by atoms with Crippen molar-refractivity contribution in [2.45, 2.75) is 25.9 Å². The minimum atomic E-state index is -0.531. The number of carbonyl (C=O) groups excluding carboxylic acids is 3. The molecule has 2 saturated heterocycles. The number of piperidine rings is 1. The van der Waals surface area contributed by atoms with E-state index in [2.05, 4.69) is 10.6 Å². The van der Waals surface area contributed by atoms with Crippen molar-refractivity contribution in [3.8, 4) is 5.75 Å². The fourth-order valence-electron chi connectivity index (χ4n) is 3.68. The molecule has 3 aliphatic heterocycles. The molecule has 1 unspecified atom stereocenters. The minimum Gasteiger partial charge on any atom is -0.479 e. The first-order chi connectivity index (χ1) is 12.5. The van der Waals surface area contributed by atoms with E-state index in [1.165, 1.54) is 0 Å². The summed E-state index contributed by atoms with van der Waals surface area (Å²) >= 11 is 0. The molecule has 1 aromatic carbocycles. The first-order valence-corrected chi connectivity index (χ1v) is 9.18. The lowest BCUT2D eigenvalue weighted by atomic mass is 9.88. The van der Waals surface area contributed by atoms with E-state index in [1.807, 2.05) is 4.90 Å². The highest BCUT2D eigenvalue weighted by Gasteiger charge is 2.34. The normalized spacial score (nSPS) is 23.5. The van der Waals surface area contributed by atoms with Crippen LogP contribution in [-0.4, -0.2) is 54.8 Å². The summed E-state index contributed by atoms with van der Waals surface area (Å²) < 4.78 is 5.53. The fraction of sp³-hybridized carbons (Fsp3) is 0.526. The maximum atomic E-state index is 12.8. The molecular formula is C19H23N3O4. The molecule has 26 heavy (non-hydrogen) atoms. The van der Waals surface area contributed by atoms with Gasteiger partial charge in [-0.2, -0.15) is 0 Å². The zero-order chi connectivity index (χ0) is 18.3. The Labute approximate surface area is 152 Å². The van der Waals surface area contributed by atoms with Crippen molar-refractivity contribution in [1.82, 2.24) is 10.2 Å². The number of ether oxygens (including phenoxy) is 1. The molecule has 3 heterocycles. The van der Waals surface area contributed by atoms with E-state index in [1.54, 1.807) is 25.1 Å². The molecule has 2 fully saturated rings. The van der Waals surface area contributed by atoms with Crippen molar-refractivity contribution in [3.05, 3.63) is 23.8 Å². The number of nitrogens with one attached hydrogen (secondary N) is 2. The summed E-state index contributed by atoms with van der Waals surface area (Å²) in [7, 11) is 0. The Kier molecular flexibility index (Phi) is 4.40. The lowest BCUT2D eigenvalue weighted by Gasteiger charge is -2.36. The second-order valence-corrected chi connectivity index (χ2v) is 7.28. The number of hydrogen-bond acceptors (Lipinski definition) is 5. The minimum absolute atomic E-state index is 0.0677. The fourth-order valence-corrected chi connectivity index (χ4v) is 3.68. The topological polar surface area (TPSA) is 87.7 Å². The molecule has 0 saturated carbocycles. The van der Waals surface area contributed by atoms with Crippen molar-refractivity contribution < 1.29 is 19.1 Å². The monoisotopic (exact) mass is 357 g/mol. The Morgan fingerprint density at radius 3 is 2.54 bits per heavy atom. The summed E-state index contributed by atoms with van der Waals surface area (Å²) in [6, 6.07) is 5.18. The molecule has 7 heteroatoms. The highest BCUT2D eigenvalue weighted by atomic mass is 16.5. The average molecular weight is 357 g/mol.